The lowest BCUT2D eigenvalue weighted by Gasteiger charge is -2.16. The molecule has 0 saturated carbocycles. The number of hydrogen-bond donors (Lipinski definition) is 1. The van der Waals surface area contributed by atoms with Gasteiger partial charge in [-0.2, -0.15) is 0 Å². The van der Waals surface area contributed by atoms with E-state index in [1.54, 1.807) is 0 Å². The summed E-state index contributed by atoms with van der Waals surface area (Å²) in [5, 5.41) is 0. The molecular weight excluding hydrogens is 208 g/mol. The van der Waals surface area contributed by atoms with Gasteiger partial charge in [-0.25, -0.2) is 0 Å². The molecule has 1 heterocycles. The van der Waals surface area contributed by atoms with Crippen molar-refractivity contribution in [3.05, 3.63) is 29.6 Å². The third-order valence-electron chi connectivity index (χ3n) is 3.32. The highest BCUT2D eigenvalue weighted by Gasteiger charge is 2.10. The summed E-state index contributed by atoms with van der Waals surface area (Å²) in [5.74, 6) is 0.686. The van der Waals surface area contributed by atoms with Crippen LogP contribution in [0.25, 0.3) is 0 Å². The summed E-state index contributed by atoms with van der Waals surface area (Å²) in [6, 6.07) is 4.28. The molecule has 2 N–H and O–H groups in total. The molecule has 0 spiro atoms. The molecule has 0 aliphatic heterocycles. The molecule has 0 bridgehead atoms. The van der Waals surface area contributed by atoms with Gasteiger partial charge in [-0.3, -0.25) is 4.98 Å². The van der Waals surface area contributed by atoms with Crippen LogP contribution in [0, 0.1) is 0 Å². The van der Waals surface area contributed by atoms with Crippen LogP contribution < -0.4 is 5.73 Å². The van der Waals surface area contributed by atoms with Gasteiger partial charge < -0.3 is 5.73 Å². The lowest BCUT2D eigenvalue weighted by molar-refractivity contribution is 0.527. The first-order valence-electron chi connectivity index (χ1n) is 6.96. The van der Waals surface area contributed by atoms with Crippen LogP contribution in [0.5, 0.6) is 0 Å². The maximum Gasteiger partial charge on any atom is 0.0539 e. The Morgan fingerprint density at radius 3 is 2.47 bits per heavy atom. The normalized spacial score (nSPS) is 12.6. The van der Waals surface area contributed by atoms with Crippen LogP contribution in [-0.2, 0) is 6.54 Å². The third kappa shape index (κ3) is 4.86. The molecule has 0 aromatic carbocycles. The summed E-state index contributed by atoms with van der Waals surface area (Å²) in [4.78, 5) is 4.40. The van der Waals surface area contributed by atoms with Gasteiger partial charge in [0.05, 0.1) is 5.69 Å². The van der Waals surface area contributed by atoms with Crippen molar-refractivity contribution in [2.75, 3.05) is 0 Å². The van der Waals surface area contributed by atoms with Crippen LogP contribution in [0.1, 0.15) is 69.5 Å². The zero-order valence-corrected chi connectivity index (χ0v) is 11.3. The van der Waals surface area contributed by atoms with Crippen LogP contribution >= 0.6 is 0 Å². The standard InChI is InChI=1S/C15H26N2/c1-3-5-6-8-13(7-4-2)14-9-10-15(11-16)17-12-14/h9-10,12-13H,3-8,11,16H2,1-2H3. The molecule has 17 heavy (non-hydrogen) atoms. The summed E-state index contributed by atoms with van der Waals surface area (Å²) in [5.41, 5.74) is 7.94. The fraction of sp³-hybridized carbons (Fsp3) is 0.667. The summed E-state index contributed by atoms with van der Waals surface area (Å²) in [6.45, 7) is 5.05. The van der Waals surface area contributed by atoms with Crippen molar-refractivity contribution in [1.82, 2.24) is 4.98 Å². The smallest absolute Gasteiger partial charge is 0.0539 e. The van der Waals surface area contributed by atoms with E-state index in [0.717, 1.165) is 5.69 Å². The molecule has 0 fully saturated rings. The topological polar surface area (TPSA) is 38.9 Å². The van der Waals surface area contributed by atoms with E-state index in [1.807, 2.05) is 6.20 Å². The molecule has 1 atom stereocenters. The number of rotatable bonds is 8. The zero-order valence-electron chi connectivity index (χ0n) is 11.3. The van der Waals surface area contributed by atoms with E-state index in [-0.39, 0.29) is 0 Å². The maximum absolute atomic E-state index is 5.57. The molecule has 1 rings (SSSR count). The lowest BCUT2D eigenvalue weighted by Crippen LogP contribution is -2.03. The second-order valence-corrected chi connectivity index (χ2v) is 4.77. The van der Waals surface area contributed by atoms with Gasteiger partial charge in [0.25, 0.3) is 0 Å². The quantitative estimate of drug-likeness (QED) is 0.690. The fourth-order valence-corrected chi connectivity index (χ4v) is 2.27. The van der Waals surface area contributed by atoms with Gasteiger partial charge in [-0.15, -0.1) is 0 Å². The van der Waals surface area contributed by atoms with E-state index in [2.05, 4.69) is 31.0 Å². The Bertz CT molecular complexity index is 292. The molecule has 0 aliphatic carbocycles. The van der Waals surface area contributed by atoms with E-state index in [1.165, 1.54) is 44.1 Å². The molecule has 1 aromatic heterocycles. The van der Waals surface area contributed by atoms with E-state index < -0.39 is 0 Å². The highest BCUT2D eigenvalue weighted by atomic mass is 14.7. The monoisotopic (exact) mass is 234 g/mol. The maximum atomic E-state index is 5.57. The molecule has 0 radical (unpaired) electrons. The van der Waals surface area contributed by atoms with Crippen molar-refractivity contribution >= 4 is 0 Å². The van der Waals surface area contributed by atoms with Gasteiger partial charge in [-0.1, -0.05) is 45.6 Å². The first-order valence-corrected chi connectivity index (χ1v) is 6.96. The van der Waals surface area contributed by atoms with E-state index in [4.69, 9.17) is 5.73 Å². The number of hydrogen-bond acceptors (Lipinski definition) is 2. The van der Waals surface area contributed by atoms with Crippen LogP contribution in [0.15, 0.2) is 18.3 Å². The highest BCUT2D eigenvalue weighted by Crippen LogP contribution is 2.26. The van der Waals surface area contributed by atoms with Crippen molar-refractivity contribution in [2.24, 2.45) is 5.73 Å². The summed E-state index contributed by atoms with van der Waals surface area (Å²) >= 11 is 0. The minimum atomic E-state index is 0.536. The second-order valence-electron chi connectivity index (χ2n) is 4.77. The van der Waals surface area contributed by atoms with E-state index in [0.29, 0.717) is 12.5 Å². The number of nitrogens with zero attached hydrogens (tertiary/aromatic N) is 1. The number of aromatic nitrogens is 1. The van der Waals surface area contributed by atoms with E-state index in [9.17, 15) is 0 Å². The van der Waals surface area contributed by atoms with Crippen LogP contribution in [-0.4, -0.2) is 4.98 Å². The van der Waals surface area contributed by atoms with Gasteiger partial charge in [0, 0.05) is 12.7 Å². The van der Waals surface area contributed by atoms with Gasteiger partial charge in [0.2, 0.25) is 0 Å². The summed E-state index contributed by atoms with van der Waals surface area (Å²) < 4.78 is 0. The van der Waals surface area contributed by atoms with Gasteiger partial charge in [0.1, 0.15) is 0 Å². The van der Waals surface area contributed by atoms with Gasteiger partial charge >= 0.3 is 0 Å². The number of pyridine rings is 1. The minimum Gasteiger partial charge on any atom is -0.325 e. The predicted octanol–water partition coefficient (Wildman–Crippen LogP) is 4.00. The second kappa shape index (κ2) is 8.24. The Hall–Kier alpha value is -0.890. The number of unbranched alkanes of at least 4 members (excludes halogenated alkanes) is 2. The van der Waals surface area contributed by atoms with Crippen LogP contribution in [0.2, 0.25) is 0 Å². The average Bonchev–Trinajstić information content (AvgIpc) is 2.38. The van der Waals surface area contributed by atoms with Crippen LogP contribution in [0.3, 0.4) is 0 Å². The molecule has 0 aliphatic rings. The molecule has 0 saturated heterocycles. The predicted molar refractivity (Wildman–Crippen MR) is 73.9 cm³/mol. The molecule has 96 valence electrons. The van der Waals surface area contributed by atoms with E-state index >= 15 is 0 Å². The average molecular weight is 234 g/mol. The Kier molecular flexibility index (Phi) is 6.87. The molecule has 1 unspecified atom stereocenters. The Morgan fingerprint density at radius 1 is 1.12 bits per heavy atom. The SMILES string of the molecule is CCCCCC(CCC)c1ccc(CN)nc1. The molecule has 0 amide bonds. The van der Waals surface area contributed by atoms with Gasteiger partial charge in [0.15, 0.2) is 0 Å². The van der Waals surface area contributed by atoms with Crippen molar-refractivity contribution in [3.63, 3.8) is 0 Å². The first-order chi connectivity index (χ1) is 8.31. The molecular formula is C15H26N2. The third-order valence-corrected chi connectivity index (χ3v) is 3.32. The Balaban J connectivity index is 2.60. The fourth-order valence-electron chi connectivity index (χ4n) is 2.27. The molecule has 2 nitrogen and oxygen atoms in total. The number of nitrogens with two attached hydrogens (primary N) is 1. The lowest BCUT2D eigenvalue weighted by atomic mass is 9.90. The summed E-state index contributed by atoms with van der Waals surface area (Å²) in [7, 11) is 0. The Labute approximate surface area is 106 Å². The largest absolute Gasteiger partial charge is 0.325 e. The summed E-state index contributed by atoms with van der Waals surface area (Å²) in [6.07, 6.45) is 9.81. The van der Waals surface area contributed by atoms with Crippen molar-refractivity contribution in [2.45, 2.75) is 64.8 Å². The van der Waals surface area contributed by atoms with Crippen molar-refractivity contribution in [3.8, 4) is 0 Å². The Morgan fingerprint density at radius 2 is 1.94 bits per heavy atom. The first kappa shape index (κ1) is 14.2. The van der Waals surface area contributed by atoms with Crippen molar-refractivity contribution < 1.29 is 0 Å². The minimum absolute atomic E-state index is 0.536. The van der Waals surface area contributed by atoms with Gasteiger partial charge in [-0.05, 0) is 30.4 Å². The zero-order chi connectivity index (χ0) is 12.5. The highest BCUT2D eigenvalue weighted by molar-refractivity contribution is 5.18. The molecule has 2 heteroatoms. The van der Waals surface area contributed by atoms with Crippen LogP contribution in [0.4, 0.5) is 0 Å². The molecule has 1 aromatic rings. The van der Waals surface area contributed by atoms with Crippen molar-refractivity contribution in [1.29, 1.82) is 0 Å².